The van der Waals surface area contributed by atoms with E-state index in [1.165, 1.54) is 7.11 Å². The average Bonchev–Trinajstić information content (AvgIpc) is 2.76. The predicted molar refractivity (Wildman–Crippen MR) is 71.8 cm³/mol. The maximum absolute atomic E-state index is 12.3. The highest BCUT2D eigenvalue weighted by Gasteiger charge is 2.42. The lowest BCUT2D eigenvalue weighted by Gasteiger charge is -2.23. The van der Waals surface area contributed by atoms with E-state index in [9.17, 15) is 19.5 Å². The van der Waals surface area contributed by atoms with Gasteiger partial charge in [-0.15, -0.1) is 0 Å². The predicted octanol–water partition coefficient (Wildman–Crippen LogP) is 1.05. The first kappa shape index (κ1) is 16.5. The van der Waals surface area contributed by atoms with Gasteiger partial charge in [0.2, 0.25) is 5.91 Å². The van der Waals surface area contributed by atoms with Crippen molar-refractivity contribution in [3.05, 3.63) is 0 Å². The molecule has 1 rings (SSSR count). The van der Waals surface area contributed by atoms with E-state index in [2.05, 4.69) is 10.1 Å². The van der Waals surface area contributed by atoms with Crippen LogP contribution in [0.15, 0.2) is 0 Å². The maximum Gasteiger partial charge on any atom is 0.328 e. The van der Waals surface area contributed by atoms with Gasteiger partial charge in [0.1, 0.15) is 6.04 Å². The Kier molecular flexibility index (Phi) is 5.53. The van der Waals surface area contributed by atoms with Crippen LogP contribution < -0.4 is 5.32 Å². The Hall–Kier alpha value is -1.59. The molecule has 1 saturated carbocycles. The molecule has 4 atom stereocenters. The van der Waals surface area contributed by atoms with Gasteiger partial charge in [-0.25, -0.2) is 4.79 Å². The Bertz CT molecular complexity index is 393. The number of hydrogen-bond acceptors (Lipinski definition) is 4. The minimum Gasteiger partial charge on any atom is -0.481 e. The molecule has 0 bridgehead atoms. The number of hydrogen-bond donors (Lipinski definition) is 2. The normalized spacial score (nSPS) is 27.1. The maximum atomic E-state index is 12.3. The molecule has 0 aromatic carbocycles. The minimum absolute atomic E-state index is 0.117. The number of aliphatic carboxylic acids is 1. The van der Waals surface area contributed by atoms with Crippen LogP contribution in [0.4, 0.5) is 0 Å². The molecule has 1 amide bonds. The van der Waals surface area contributed by atoms with Gasteiger partial charge in [0.25, 0.3) is 0 Å². The summed E-state index contributed by atoms with van der Waals surface area (Å²) in [5.41, 5.74) is 0. The third-order valence-corrected chi connectivity index (χ3v) is 3.87. The fourth-order valence-electron chi connectivity index (χ4n) is 2.74. The average molecular weight is 285 g/mol. The Balaban J connectivity index is 2.78. The first-order valence-electron chi connectivity index (χ1n) is 6.88. The largest absolute Gasteiger partial charge is 0.481 e. The molecular weight excluding hydrogens is 262 g/mol. The standard InChI is InChI=1S/C14H23NO5/c1-7(2)11(14(19)20-4)15-12(16)9-5-8(3)6-10(9)13(17)18/h7-11H,5-6H2,1-4H3,(H,15,16)(H,17,18)/t8?,9?,10?,11-/m0/s1. The van der Waals surface area contributed by atoms with E-state index in [4.69, 9.17) is 0 Å². The van der Waals surface area contributed by atoms with Crippen molar-refractivity contribution in [1.82, 2.24) is 5.32 Å². The molecule has 20 heavy (non-hydrogen) atoms. The van der Waals surface area contributed by atoms with Crippen LogP contribution in [0.3, 0.4) is 0 Å². The van der Waals surface area contributed by atoms with Crippen LogP contribution in [-0.4, -0.2) is 36.1 Å². The summed E-state index contributed by atoms with van der Waals surface area (Å²) in [7, 11) is 1.27. The number of rotatable bonds is 5. The molecule has 1 aliphatic carbocycles. The van der Waals surface area contributed by atoms with Crippen LogP contribution in [0.1, 0.15) is 33.6 Å². The van der Waals surface area contributed by atoms with Gasteiger partial charge in [-0.05, 0) is 24.7 Å². The van der Waals surface area contributed by atoms with Crippen molar-refractivity contribution in [2.45, 2.75) is 39.7 Å². The number of methoxy groups -OCH3 is 1. The second kappa shape index (κ2) is 6.72. The lowest BCUT2D eigenvalue weighted by atomic mass is 9.94. The van der Waals surface area contributed by atoms with E-state index in [0.717, 1.165) is 0 Å². The van der Waals surface area contributed by atoms with E-state index >= 15 is 0 Å². The van der Waals surface area contributed by atoms with E-state index < -0.39 is 29.8 Å². The summed E-state index contributed by atoms with van der Waals surface area (Å²) in [6, 6.07) is -0.738. The van der Waals surface area contributed by atoms with E-state index in [1.807, 2.05) is 6.92 Å². The summed E-state index contributed by atoms with van der Waals surface area (Å²) >= 11 is 0. The second-order valence-electron chi connectivity index (χ2n) is 5.88. The fourth-order valence-corrected chi connectivity index (χ4v) is 2.74. The molecule has 0 saturated heterocycles. The Labute approximate surface area is 118 Å². The Morgan fingerprint density at radius 3 is 2.20 bits per heavy atom. The van der Waals surface area contributed by atoms with Crippen molar-refractivity contribution in [3.63, 3.8) is 0 Å². The number of amides is 1. The van der Waals surface area contributed by atoms with Gasteiger partial charge >= 0.3 is 11.9 Å². The van der Waals surface area contributed by atoms with Crippen molar-refractivity contribution >= 4 is 17.8 Å². The Morgan fingerprint density at radius 1 is 1.20 bits per heavy atom. The molecule has 0 spiro atoms. The Morgan fingerprint density at radius 2 is 1.75 bits per heavy atom. The zero-order chi connectivity index (χ0) is 15.4. The summed E-state index contributed by atoms with van der Waals surface area (Å²) in [5.74, 6) is -2.99. The SMILES string of the molecule is COC(=O)[C@@H](NC(=O)C1CC(C)CC1C(=O)O)C(C)C. The molecule has 6 heteroatoms. The van der Waals surface area contributed by atoms with Crippen LogP contribution in [0.5, 0.6) is 0 Å². The number of carboxylic acid groups (broad SMARTS) is 1. The topological polar surface area (TPSA) is 92.7 Å². The number of carbonyl (C=O) groups is 3. The summed E-state index contributed by atoms with van der Waals surface area (Å²) < 4.78 is 4.66. The monoisotopic (exact) mass is 285 g/mol. The molecule has 0 aliphatic heterocycles. The number of nitrogens with one attached hydrogen (secondary N) is 1. The highest BCUT2D eigenvalue weighted by molar-refractivity contribution is 5.89. The lowest BCUT2D eigenvalue weighted by molar-refractivity contribution is -0.149. The van der Waals surface area contributed by atoms with Gasteiger partial charge in [0.05, 0.1) is 18.9 Å². The molecule has 2 N–H and O–H groups in total. The molecular formula is C14H23NO5. The second-order valence-corrected chi connectivity index (χ2v) is 5.88. The van der Waals surface area contributed by atoms with Gasteiger partial charge in [0, 0.05) is 0 Å². The van der Waals surface area contributed by atoms with Crippen molar-refractivity contribution in [2.75, 3.05) is 7.11 Å². The van der Waals surface area contributed by atoms with E-state index in [1.54, 1.807) is 13.8 Å². The molecule has 0 aromatic heterocycles. The first-order valence-corrected chi connectivity index (χ1v) is 6.88. The summed E-state index contributed by atoms with van der Waals surface area (Å²) in [5, 5.41) is 11.8. The first-order chi connectivity index (χ1) is 9.27. The van der Waals surface area contributed by atoms with Crippen molar-refractivity contribution in [2.24, 2.45) is 23.7 Å². The number of carbonyl (C=O) groups excluding carboxylic acids is 2. The van der Waals surface area contributed by atoms with Gasteiger partial charge in [-0.1, -0.05) is 20.8 Å². The molecule has 6 nitrogen and oxygen atoms in total. The minimum atomic E-state index is -0.950. The number of esters is 1. The van der Waals surface area contributed by atoms with Crippen LogP contribution in [0, 0.1) is 23.7 Å². The highest BCUT2D eigenvalue weighted by atomic mass is 16.5. The number of carboxylic acids is 1. The fraction of sp³-hybridized carbons (Fsp3) is 0.786. The van der Waals surface area contributed by atoms with Crippen molar-refractivity contribution < 1.29 is 24.2 Å². The van der Waals surface area contributed by atoms with E-state index in [0.29, 0.717) is 12.8 Å². The quantitative estimate of drug-likeness (QED) is 0.736. The zero-order valence-electron chi connectivity index (χ0n) is 12.4. The van der Waals surface area contributed by atoms with Crippen LogP contribution in [0.25, 0.3) is 0 Å². The van der Waals surface area contributed by atoms with Gasteiger partial charge in [-0.2, -0.15) is 0 Å². The summed E-state index contributed by atoms with van der Waals surface area (Å²) in [6.45, 7) is 5.53. The smallest absolute Gasteiger partial charge is 0.328 e. The molecule has 0 radical (unpaired) electrons. The van der Waals surface area contributed by atoms with Crippen LogP contribution in [-0.2, 0) is 19.1 Å². The third kappa shape index (κ3) is 3.71. The van der Waals surface area contributed by atoms with Crippen molar-refractivity contribution in [3.8, 4) is 0 Å². The van der Waals surface area contributed by atoms with Crippen molar-refractivity contribution in [1.29, 1.82) is 0 Å². The molecule has 0 aromatic rings. The van der Waals surface area contributed by atoms with Gasteiger partial charge in [0.15, 0.2) is 0 Å². The summed E-state index contributed by atoms with van der Waals surface area (Å²) in [6.07, 6.45) is 1.03. The molecule has 1 fully saturated rings. The van der Waals surface area contributed by atoms with Crippen LogP contribution >= 0.6 is 0 Å². The lowest BCUT2D eigenvalue weighted by Crippen LogP contribution is -2.48. The zero-order valence-corrected chi connectivity index (χ0v) is 12.4. The van der Waals surface area contributed by atoms with Crippen LogP contribution in [0.2, 0.25) is 0 Å². The molecule has 114 valence electrons. The molecule has 1 aliphatic rings. The number of ether oxygens (including phenoxy) is 1. The third-order valence-electron chi connectivity index (χ3n) is 3.87. The highest BCUT2D eigenvalue weighted by Crippen LogP contribution is 2.36. The molecule has 0 heterocycles. The van der Waals surface area contributed by atoms with Gasteiger partial charge < -0.3 is 15.2 Å². The van der Waals surface area contributed by atoms with Gasteiger partial charge in [-0.3, -0.25) is 9.59 Å². The van der Waals surface area contributed by atoms with E-state index in [-0.39, 0.29) is 17.7 Å². The molecule has 3 unspecified atom stereocenters. The summed E-state index contributed by atoms with van der Waals surface area (Å²) in [4.78, 5) is 35.1.